The van der Waals surface area contributed by atoms with Crippen LogP contribution in [-0.2, 0) is 0 Å². The maximum absolute atomic E-state index is 12.5. The van der Waals surface area contributed by atoms with Crippen LogP contribution in [0.15, 0.2) is 28.7 Å². The maximum Gasteiger partial charge on any atom is 0.253 e. The van der Waals surface area contributed by atoms with Crippen molar-refractivity contribution in [3.05, 3.63) is 34.3 Å². The molecular weight excluding hydrogens is 318 g/mol. The topological polar surface area (TPSA) is 35.6 Å². The summed E-state index contributed by atoms with van der Waals surface area (Å²) in [6.45, 7) is 6.00. The Morgan fingerprint density at radius 1 is 1.10 bits per heavy atom. The number of rotatable bonds is 2. The molecule has 1 N–H and O–H groups in total. The quantitative estimate of drug-likeness (QED) is 0.889. The fourth-order valence-electron chi connectivity index (χ4n) is 2.81. The van der Waals surface area contributed by atoms with E-state index >= 15 is 0 Å². The van der Waals surface area contributed by atoms with Crippen LogP contribution in [0.2, 0.25) is 0 Å². The van der Waals surface area contributed by atoms with Gasteiger partial charge in [-0.2, -0.15) is 0 Å². The van der Waals surface area contributed by atoms with Gasteiger partial charge in [-0.3, -0.25) is 9.69 Å². The highest BCUT2D eigenvalue weighted by atomic mass is 79.9. The van der Waals surface area contributed by atoms with E-state index in [0.29, 0.717) is 6.04 Å². The Balaban J connectivity index is 1.62. The van der Waals surface area contributed by atoms with E-state index in [9.17, 15) is 4.79 Å². The Hall–Kier alpha value is -0.910. The van der Waals surface area contributed by atoms with Gasteiger partial charge in [0.25, 0.3) is 5.91 Å². The molecule has 0 radical (unpaired) electrons. The van der Waals surface area contributed by atoms with Gasteiger partial charge in [-0.15, -0.1) is 0 Å². The third kappa shape index (κ3) is 3.05. The van der Waals surface area contributed by atoms with Crippen molar-refractivity contribution < 1.29 is 4.79 Å². The highest BCUT2D eigenvalue weighted by Gasteiger charge is 2.27. The molecule has 0 unspecified atom stereocenters. The van der Waals surface area contributed by atoms with Crippen LogP contribution < -0.4 is 5.32 Å². The van der Waals surface area contributed by atoms with E-state index in [1.165, 1.54) is 0 Å². The summed E-state index contributed by atoms with van der Waals surface area (Å²) < 4.78 is 1.01. The van der Waals surface area contributed by atoms with Gasteiger partial charge in [0.15, 0.2) is 0 Å². The predicted molar refractivity (Wildman–Crippen MR) is 82.9 cm³/mol. The van der Waals surface area contributed by atoms with E-state index in [4.69, 9.17) is 0 Å². The van der Waals surface area contributed by atoms with Crippen LogP contribution in [0.25, 0.3) is 0 Å². The Bertz CT molecular complexity index is 473. The number of hydrogen-bond donors (Lipinski definition) is 1. The molecular formula is C15H20BrN3O. The van der Waals surface area contributed by atoms with Crippen molar-refractivity contribution in [1.29, 1.82) is 0 Å². The molecule has 1 aromatic rings. The lowest BCUT2D eigenvalue weighted by Crippen LogP contribution is -2.57. The lowest BCUT2D eigenvalue weighted by molar-refractivity contribution is 0.0753. The number of carbonyl (C=O) groups is 1. The zero-order valence-corrected chi connectivity index (χ0v) is 13.1. The number of nitrogens with zero attached hydrogens (tertiary/aromatic N) is 2. The summed E-state index contributed by atoms with van der Waals surface area (Å²) in [6.07, 6.45) is 1.07. The minimum absolute atomic E-state index is 0.158. The second kappa shape index (κ2) is 6.24. The summed E-state index contributed by atoms with van der Waals surface area (Å²) in [7, 11) is 0. The first kappa shape index (κ1) is 14.0. The standard InChI is InChI=1S/C15H20BrN3O/c16-13-4-2-12(3-5-13)15(20)19-7-1-6-18(8-9-19)14-10-17-11-14/h2-5,14,17H,1,6-11H2. The first-order valence-corrected chi connectivity index (χ1v) is 8.03. The molecule has 0 bridgehead atoms. The fraction of sp³-hybridized carbons (Fsp3) is 0.533. The lowest BCUT2D eigenvalue weighted by atomic mass is 10.1. The van der Waals surface area contributed by atoms with Crippen LogP contribution in [0.5, 0.6) is 0 Å². The largest absolute Gasteiger partial charge is 0.337 e. The van der Waals surface area contributed by atoms with Gasteiger partial charge >= 0.3 is 0 Å². The molecule has 0 aromatic heterocycles. The zero-order chi connectivity index (χ0) is 13.9. The normalized spacial score (nSPS) is 21.4. The average molecular weight is 338 g/mol. The van der Waals surface area contributed by atoms with Crippen molar-refractivity contribution in [2.24, 2.45) is 0 Å². The number of halogens is 1. The third-order valence-corrected chi connectivity index (χ3v) is 4.71. The number of nitrogens with one attached hydrogen (secondary N) is 1. The molecule has 0 atom stereocenters. The second-order valence-electron chi connectivity index (χ2n) is 5.50. The molecule has 1 amide bonds. The second-order valence-corrected chi connectivity index (χ2v) is 6.42. The van der Waals surface area contributed by atoms with Crippen molar-refractivity contribution in [2.75, 3.05) is 39.3 Å². The van der Waals surface area contributed by atoms with Crippen LogP contribution in [-0.4, -0.2) is 61.0 Å². The summed E-state index contributed by atoms with van der Waals surface area (Å²) in [5.74, 6) is 0.158. The highest BCUT2D eigenvalue weighted by molar-refractivity contribution is 9.10. The minimum Gasteiger partial charge on any atom is -0.337 e. The number of amides is 1. The molecule has 3 rings (SSSR count). The van der Waals surface area contributed by atoms with Gasteiger partial charge in [0, 0.05) is 55.3 Å². The smallest absolute Gasteiger partial charge is 0.253 e. The van der Waals surface area contributed by atoms with Crippen molar-refractivity contribution in [3.8, 4) is 0 Å². The van der Waals surface area contributed by atoms with Gasteiger partial charge in [0.1, 0.15) is 0 Å². The molecule has 4 nitrogen and oxygen atoms in total. The van der Waals surface area contributed by atoms with Gasteiger partial charge < -0.3 is 10.2 Å². The Labute approximate surface area is 128 Å². The SMILES string of the molecule is O=C(c1ccc(Br)cc1)N1CCCN(C2CNC2)CC1. The van der Waals surface area contributed by atoms with Crippen molar-refractivity contribution in [1.82, 2.24) is 15.1 Å². The summed E-state index contributed by atoms with van der Waals surface area (Å²) >= 11 is 3.40. The molecule has 0 spiro atoms. The summed E-state index contributed by atoms with van der Waals surface area (Å²) in [5, 5.41) is 3.32. The van der Waals surface area contributed by atoms with Crippen LogP contribution in [0, 0.1) is 0 Å². The lowest BCUT2D eigenvalue weighted by Gasteiger charge is -2.37. The van der Waals surface area contributed by atoms with E-state index in [-0.39, 0.29) is 5.91 Å². The number of benzene rings is 1. The molecule has 2 fully saturated rings. The van der Waals surface area contributed by atoms with E-state index in [1.807, 2.05) is 29.2 Å². The van der Waals surface area contributed by atoms with E-state index < -0.39 is 0 Å². The van der Waals surface area contributed by atoms with Gasteiger partial charge in [0.2, 0.25) is 0 Å². The number of carbonyl (C=O) groups excluding carboxylic acids is 1. The van der Waals surface area contributed by atoms with E-state index in [0.717, 1.165) is 55.7 Å². The monoisotopic (exact) mass is 337 g/mol. The predicted octanol–water partition coefficient (Wildman–Crippen LogP) is 1.57. The molecule has 0 saturated carbocycles. The molecule has 108 valence electrons. The average Bonchev–Trinajstić information content (AvgIpc) is 2.63. The maximum atomic E-state index is 12.5. The third-order valence-electron chi connectivity index (χ3n) is 4.19. The van der Waals surface area contributed by atoms with Gasteiger partial charge in [-0.25, -0.2) is 0 Å². The Morgan fingerprint density at radius 2 is 1.85 bits per heavy atom. The van der Waals surface area contributed by atoms with Crippen LogP contribution in [0.1, 0.15) is 16.8 Å². The first-order valence-electron chi connectivity index (χ1n) is 7.23. The van der Waals surface area contributed by atoms with E-state index in [2.05, 4.69) is 26.1 Å². The van der Waals surface area contributed by atoms with E-state index in [1.54, 1.807) is 0 Å². The van der Waals surface area contributed by atoms with Gasteiger partial charge in [-0.1, -0.05) is 15.9 Å². The van der Waals surface area contributed by atoms with Crippen LogP contribution in [0.4, 0.5) is 0 Å². The molecule has 2 heterocycles. The highest BCUT2D eigenvalue weighted by Crippen LogP contribution is 2.15. The molecule has 2 aliphatic heterocycles. The molecule has 2 saturated heterocycles. The van der Waals surface area contributed by atoms with Crippen molar-refractivity contribution >= 4 is 21.8 Å². The van der Waals surface area contributed by atoms with Crippen molar-refractivity contribution in [2.45, 2.75) is 12.5 Å². The van der Waals surface area contributed by atoms with Crippen LogP contribution >= 0.6 is 15.9 Å². The molecule has 5 heteroatoms. The molecule has 2 aliphatic rings. The zero-order valence-electron chi connectivity index (χ0n) is 11.5. The summed E-state index contributed by atoms with van der Waals surface area (Å²) in [4.78, 5) is 17.0. The Kier molecular flexibility index (Phi) is 4.38. The number of hydrogen-bond acceptors (Lipinski definition) is 3. The Morgan fingerprint density at radius 3 is 2.50 bits per heavy atom. The summed E-state index contributed by atoms with van der Waals surface area (Å²) in [6, 6.07) is 8.32. The molecule has 20 heavy (non-hydrogen) atoms. The summed E-state index contributed by atoms with van der Waals surface area (Å²) in [5.41, 5.74) is 0.784. The first-order chi connectivity index (χ1) is 9.74. The van der Waals surface area contributed by atoms with Crippen LogP contribution in [0.3, 0.4) is 0 Å². The molecule has 1 aromatic carbocycles. The fourth-order valence-corrected chi connectivity index (χ4v) is 3.08. The van der Waals surface area contributed by atoms with Gasteiger partial charge in [0.05, 0.1) is 0 Å². The van der Waals surface area contributed by atoms with Crippen molar-refractivity contribution in [3.63, 3.8) is 0 Å². The van der Waals surface area contributed by atoms with Gasteiger partial charge in [-0.05, 0) is 30.7 Å². The minimum atomic E-state index is 0.158. The molecule has 0 aliphatic carbocycles.